The van der Waals surface area contributed by atoms with E-state index in [0.717, 1.165) is 4.31 Å². The van der Waals surface area contributed by atoms with E-state index in [1.165, 1.54) is 32.0 Å². The molecule has 1 saturated heterocycles. The van der Waals surface area contributed by atoms with Crippen molar-refractivity contribution in [3.8, 4) is 6.07 Å². The van der Waals surface area contributed by atoms with Gasteiger partial charge >= 0.3 is 0 Å². The Balaban J connectivity index is 2.54. The number of benzene rings is 1. The van der Waals surface area contributed by atoms with E-state index in [0.29, 0.717) is 10.0 Å². The summed E-state index contributed by atoms with van der Waals surface area (Å²) in [5.41, 5.74) is 0.619. The highest BCUT2D eigenvalue weighted by Crippen LogP contribution is 2.42. The molecule has 1 heterocycles. The fourth-order valence-corrected chi connectivity index (χ4v) is 3.81. The molecule has 1 amide bonds. The number of nitrogens with zero attached hydrogens (tertiary/aromatic N) is 2. The lowest BCUT2D eigenvalue weighted by molar-refractivity contribution is -0.120. The number of amides is 1. The van der Waals surface area contributed by atoms with Crippen LogP contribution in [0.2, 0.25) is 0 Å². The molecule has 0 atom stereocenters. The fraction of sp³-hybridized carbons (Fsp3) is 0.273. The monoisotopic (exact) mass is 328 g/mol. The van der Waals surface area contributed by atoms with Crippen molar-refractivity contribution in [1.82, 2.24) is 0 Å². The molecule has 1 aromatic carbocycles. The van der Waals surface area contributed by atoms with E-state index in [1.54, 1.807) is 0 Å². The van der Waals surface area contributed by atoms with E-state index in [2.05, 4.69) is 15.9 Å². The average molecular weight is 329 g/mol. The Morgan fingerprint density at radius 3 is 2.44 bits per heavy atom. The van der Waals surface area contributed by atoms with E-state index in [1.807, 2.05) is 6.07 Å². The van der Waals surface area contributed by atoms with Crippen LogP contribution in [-0.4, -0.2) is 19.1 Å². The van der Waals surface area contributed by atoms with Gasteiger partial charge in [0, 0.05) is 4.47 Å². The third-order valence-electron chi connectivity index (χ3n) is 2.88. The first-order valence-corrected chi connectivity index (χ1v) is 7.26. The molecule has 7 heteroatoms. The highest BCUT2D eigenvalue weighted by atomic mass is 79.9. The molecule has 0 radical (unpaired) electrons. The smallest absolute Gasteiger partial charge is 0.263 e. The molecular formula is C11H9BrN2O3S. The maximum Gasteiger partial charge on any atom is 0.263 e. The molecule has 2 rings (SSSR count). The molecule has 1 aliphatic heterocycles. The number of sulfonamides is 1. The lowest BCUT2D eigenvalue weighted by atomic mass is 10.1. The van der Waals surface area contributed by atoms with Crippen molar-refractivity contribution >= 4 is 37.5 Å². The second kappa shape index (κ2) is 3.80. The highest BCUT2D eigenvalue weighted by molar-refractivity contribution is 9.10. The number of rotatable bonds is 1. The zero-order chi connectivity index (χ0) is 13.7. The molecular weight excluding hydrogens is 320 g/mol. The quantitative estimate of drug-likeness (QED) is 0.787. The van der Waals surface area contributed by atoms with Gasteiger partial charge in [-0.25, -0.2) is 12.7 Å². The second-order valence-corrected chi connectivity index (χ2v) is 7.55. The van der Waals surface area contributed by atoms with Crippen molar-refractivity contribution in [2.45, 2.75) is 18.6 Å². The molecule has 94 valence electrons. The second-order valence-electron chi connectivity index (χ2n) is 4.36. The van der Waals surface area contributed by atoms with Crippen LogP contribution in [0.5, 0.6) is 0 Å². The van der Waals surface area contributed by atoms with Crippen molar-refractivity contribution < 1.29 is 13.2 Å². The minimum absolute atomic E-state index is 0.235. The summed E-state index contributed by atoms with van der Waals surface area (Å²) in [6.45, 7) is 2.75. The van der Waals surface area contributed by atoms with E-state index < -0.39 is 20.7 Å². The summed E-state index contributed by atoms with van der Waals surface area (Å²) in [6.07, 6.45) is 0. The third kappa shape index (κ3) is 1.49. The Kier molecular flexibility index (Phi) is 2.76. The third-order valence-corrected chi connectivity index (χ3v) is 5.82. The van der Waals surface area contributed by atoms with Crippen molar-refractivity contribution in [3.05, 3.63) is 28.2 Å². The number of nitriles is 1. The van der Waals surface area contributed by atoms with Crippen molar-refractivity contribution in [2.75, 3.05) is 4.31 Å². The predicted octanol–water partition coefficient (Wildman–Crippen LogP) is 1.78. The van der Waals surface area contributed by atoms with E-state index in [-0.39, 0.29) is 5.69 Å². The number of hydrogen-bond donors (Lipinski definition) is 0. The van der Waals surface area contributed by atoms with Gasteiger partial charge in [0.1, 0.15) is 0 Å². The van der Waals surface area contributed by atoms with Crippen LogP contribution in [0.15, 0.2) is 22.7 Å². The van der Waals surface area contributed by atoms with Crippen molar-refractivity contribution in [2.24, 2.45) is 0 Å². The van der Waals surface area contributed by atoms with Crippen LogP contribution in [0.25, 0.3) is 0 Å². The Morgan fingerprint density at radius 1 is 1.39 bits per heavy atom. The summed E-state index contributed by atoms with van der Waals surface area (Å²) < 4.78 is 23.8. The predicted molar refractivity (Wildman–Crippen MR) is 69.3 cm³/mol. The van der Waals surface area contributed by atoms with Crippen LogP contribution in [0, 0.1) is 11.3 Å². The van der Waals surface area contributed by atoms with Crippen molar-refractivity contribution in [1.29, 1.82) is 5.26 Å². The Hall–Kier alpha value is -1.39. The Morgan fingerprint density at radius 2 is 2.00 bits per heavy atom. The SMILES string of the molecule is CC1(C)C(=O)N(c2ccc(C#N)cc2Br)S1(=O)=O. The summed E-state index contributed by atoms with van der Waals surface area (Å²) in [5.74, 6) is -0.479. The van der Waals surface area contributed by atoms with Crippen LogP contribution in [-0.2, 0) is 14.8 Å². The zero-order valence-corrected chi connectivity index (χ0v) is 12.0. The van der Waals surface area contributed by atoms with Gasteiger partial charge in [0.25, 0.3) is 15.9 Å². The maximum absolute atomic E-state index is 12.0. The molecule has 0 N–H and O–H groups in total. The van der Waals surface area contributed by atoms with E-state index >= 15 is 0 Å². The lowest BCUT2D eigenvalue weighted by Crippen LogP contribution is -2.67. The van der Waals surface area contributed by atoms with Gasteiger partial charge < -0.3 is 0 Å². The van der Waals surface area contributed by atoms with Crippen LogP contribution >= 0.6 is 15.9 Å². The van der Waals surface area contributed by atoms with Crippen LogP contribution in [0.3, 0.4) is 0 Å². The number of carbonyl (C=O) groups excluding carboxylic acids is 1. The number of hydrogen-bond acceptors (Lipinski definition) is 4. The van der Waals surface area contributed by atoms with Gasteiger partial charge in [-0.15, -0.1) is 0 Å². The molecule has 0 bridgehead atoms. The maximum atomic E-state index is 12.0. The molecule has 5 nitrogen and oxygen atoms in total. The molecule has 0 aliphatic carbocycles. The number of carbonyl (C=O) groups is 1. The molecule has 0 aromatic heterocycles. The normalized spacial score (nSPS) is 20.1. The van der Waals surface area contributed by atoms with E-state index in [4.69, 9.17) is 5.26 Å². The number of halogens is 1. The highest BCUT2D eigenvalue weighted by Gasteiger charge is 2.61. The summed E-state index contributed by atoms with van der Waals surface area (Å²) in [4.78, 5) is 11.9. The van der Waals surface area contributed by atoms with Crippen LogP contribution in [0.4, 0.5) is 5.69 Å². The van der Waals surface area contributed by atoms with E-state index in [9.17, 15) is 13.2 Å². The number of anilines is 1. The summed E-state index contributed by atoms with van der Waals surface area (Å²) in [5, 5.41) is 8.73. The fourth-order valence-electron chi connectivity index (χ4n) is 1.63. The molecule has 1 aromatic rings. The minimum atomic E-state index is -3.67. The minimum Gasteiger partial charge on any atom is -0.272 e. The van der Waals surface area contributed by atoms with Gasteiger partial charge in [-0.1, -0.05) is 0 Å². The first-order valence-electron chi connectivity index (χ1n) is 5.02. The first kappa shape index (κ1) is 13.1. The average Bonchev–Trinajstić information content (AvgIpc) is 2.30. The van der Waals surface area contributed by atoms with Gasteiger partial charge in [-0.2, -0.15) is 5.26 Å². The van der Waals surface area contributed by atoms with Gasteiger partial charge in [-0.05, 0) is 48.0 Å². The van der Waals surface area contributed by atoms with Gasteiger partial charge in [0.15, 0.2) is 4.75 Å². The van der Waals surface area contributed by atoms with Gasteiger partial charge in [-0.3, -0.25) is 4.79 Å². The van der Waals surface area contributed by atoms with Gasteiger partial charge in [0.2, 0.25) is 0 Å². The lowest BCUT2D eigenvalue weighted by Gasteiger charge is -2.43. The molecule has 1 aliphatic rings. The van der Waals surface area contributed by atoms with Gasteiger partial charge in [0.05, 0.1) is 17.3 Å². The first-order chi connectivity index (χ1) is 8.23. The Labute approximate surface area is 113 Å². The zero-order valence-electron chi connectivity index (χ0n) is 9.64. The van der Waals surface area contributed by atoms with Crippen LogP contribution < -0.4 is 4.31 Å². The molecule has 0 saturated carbocycles. The summed E-state index contributed by atoms with van der Waals surface area (Å²) in [6, 6.07) is 6.32. The molecule has 1 fully saturated rings. The Bertz CT molecular complexity index is 689. The summed E-state index contributed by atoms with van der Waals surface area (Å²) >= 11 is 3.17. The van der Waals surface area contributed by atoms with Crippen molar-refractivity contribution in [3.63, 3.8) is 0 Å². The molecule has 0 spiro atoms. The topological polar surface area (TPSA) is 78.2 Å². The molecule has 18 heavy (non-hydrogen) atoms. The summed E-state index contributed by atoms with van der Waals surface area (Å²) in [7, 11) is -3.67. The largest absolute Gasteiger partial charge is 0.272 e. The molecule has 0 unspecified atom stereocenters. The standard InChI is InChI=1S/C11H9BrN2O3S/c1-11(2)10(15)14(18(11,16)17)9-4-3-7(6-13)5-8(9)12/h3-5H,1-2H3. The van der Waals surface area contributed by atoms with Crippen LogP contribution in [0.1, 0.15) is 19.4 Å².